The minimum absolute atomic E-state index is 0.122. The highest BCUT2D eigenvalue weighted by Crippen LogP contribution is 2.35. The van der Waals surface area contributed by atoms with E-state index in [1.165, 1.54) is 11.3 Å². The molecule has 2 aromatic heterocycles. The summed E-state index contributed by atoms with van der Waals surface area (Å²) in [7, 11) is 1.99. The van der Waals surface area contributed by atoms with E-state index in [0.29, 0.717) is 0 Å². The Morgan fingerprint density at radius 3 is 2.50 bits per heavy atom. The highest BCUT2D eigenvalue weighted by molar-refractivity contribution is 6.00. The fraction of sp³-hybridized carbons (Fsp3) is 0.292. The van der Waals surface area contributed by atoms with Gasteiger partial charge in [-0.15, -0.1) is 0 Å². The Bertz CT molecular complexity index is 1020. The lowest BCUT2D eigenvalue weighted by atomic mass is 10.0. The van der Waals surface area contributed by atoms with Crippen LogP contribution in [0.25, 0.3) is 6.08 Å². The average Bonchev–Trinajstić information content (AvgIpc) is 3.40. The lowest BCUT2D eigenvalue weighted by molar-refractivity contribution is 0.698. The number of allylic oxidation sites excluding steroid dienone is 1. The summed E-state index contributed by atoms with van der Waals surface area (Å²) in [5.41, 5.74) is 4.57. The normalized spacial score (nSPS) is 16.3. The first kappa shape index (κ1) is 19.9. The van der Waals surface area contributed by atoms with Crippen molar-refractivity contribution in [1.29, 1.82) is 0 Å². The molecular weight excluding hydrogens is 372 g/mol. The number of hydrazone groups is 1. The van der Waals surface area contributed by atoms with Crippen molar-refractivity contribution in [1.82, 2.24) is 14.5 Å². The molecule has 0 aliphatic carbocycles. The second-order valence-corrected chi connectivity index (χ2v) is 7.37. The highest BCUT2D eigenvalue weighted by atomic mass is 15.5. The molecule has 0 bridgehead atoms. The lowest BCUT2D eigenvalue weighted by Gasteiger charge is -2.25. The van der Waals surface area contributed by atoms with Gasteiger partial charge in [-0.25, -0.2) is 15.0 Å². The third-order valence-corrected chi connectivity index (χ3v) is 5.52. The summed E-state index contributed by atoms with van der Waals surface area (Å²) in [4.78, 5) is 11.1. The molecule has 1 atom stereocenters. The summed E-state index contributed by atoms with van der Waals surface area (Å²) >= 11 is 0. The average molecular weight is 401 g/mol. The van der Waals surface area contributed by atoms with Gasteiger partial charge in [0.05, 0.1) is 30.0 Å². The molecule has 3 heterocycles. The smallest absolute Gasteiger partial charge is 0.149 e. The molecule has 0 saturated carbocycles. The first-order chi connectivity index (χ1) is 14.7. The number of rotatable bonds is 7. The molecule has 3 aromatic rings. The number of hydrogen-bond acceptors (Lipinski definition) is 5. The molecule has 6 heteroatoms. The SMILES string of the molecule is CCN(CC)c1ccc(C2CC(C=Cc3cncn3C)=NN2c2ccccn2)cc1. The molecule has 1 aliphatic heterocycles. The summed E-state index contributed by atoms with van der Waals surface area (Å²) in [5, 5.41) is 6.93. The van der Waals surface area contributed by atoms with Crippen LogP contribution in [0.15, 0.2) is 72.4 Å². The Morgan fingerprint density at radius 2 is 1.87 bits per heavy atom. The third kappa shape index (κ3) is 4.13. The van der Waals surface area contributed by atoms with Crippen LogP contribution in [0.3, 0.4) is 0 Å². The summed E-state index contributed by atoms with van der Waals surface area (Å²) < 4.78 is 1.99. The molecule has 0 saturated heterocycles. The van der Waals surface area contributed by atoms with Crippen LogP contribution in [-0.2, 0) is 7.05 Å². The number of aryl methyl sites for hydroxylation is 1. The summed E-state index contributed by atoms with van der Waals surface area (Å²) in [6.45, 7) is 6.38. The highest BCUT2D eigenvalue weighted by Gasteiger charge is 2.29. The third-order valence-electron chi connectivity index (χ3n) is 5.52. The summed E-state index contributed by atoms with van der Waals surface area (Å²) in [5.74, 6) is 0.860. The maximum atomic E-state index is 4.90. The summed E-state index contributed by atoms with van der Waals surface area (Å²) in [6, 6.07) is 14.9. The molecule has 0 radical (unpaired) electrons. The number of anilines is 2. The van der Waals surface area contributed by atoms with Crippen molar-refractivity contribution in [2.45, 2.75) is 26.3 Å². The van der Waals surface area contributed by atoms with Crippen molar-refractivity contribution in [3.8, 4) is 0 Å². The number of aromatic nitrogens is 3. The van der Waals surface area contributed by atoms with Gasteiger partial charge in [0.2, 0.25) is 0 Å². The first-order valence-electron chi connectivity index (χ1n) is 10.5. The second kappa shape index (κ2) is 8.95. The van der Waals surface area contributed by atoms with Crippen LogP contribution in [0.2, 0.25) is 0 Å². The maximum absolute atomic E-state index is 4.90. The lowest BCUT2D eigenvalue weighted by Crippen LogP contribution is -2.22. The van der Waals surface area contributed by atoms with E-state index < -0.39 is 0 Å². The predicted octanol–water partition coefficient (Wildman–Crippen LogP) is 4.68. The first-order valence-corrected chi connectivity index (χ1v) is 10.5. The molecule has 0 amide bonds. The van der Waals surface area contributed by atoms with Gasteiger partial charge in [0.15, 0.2) is 0 Å². The quantitative estimate of drug-likeness (QED) is 0.578. The van der Waals surface area contributed by atoms with Gasteiger partial charge < -0.3 is 9.47 Å². The zero-order chi connectivity index (χ0) is 20.9. The molecule has 6 nitrogen and oxygen atoms in total. The van der Waals surface area contributed by atoms with Crippen LogP contribution in [0, 0.1) is 0 Å². The van der Waals surface area contributed by atoms with Crippen LogP contribution in [0.4, 0.5) is 11.5 Å². The molecule has 1 unspecified atom stereocenters. The zero-order valence-electron chi connectivity index (χ0n) is 17.8. The molecular formula is C24H28N6. The van der Waals surface area contributed by atoms with E-state index in [-0.39, 0.29) is 6.04 Å². The molecule has 0 spiro atoms. The monoisotopic (exact) mass is 400 g/mol. The van der Waals surface area contributed by atoms with Gasteiger partial charge in [-0.05, 0) is 55.8 Å². The Kier molecular flexibility index (Phi) is 5.93. The number of benzene rings is 1. The largest absolute Gasteiger partial charge is 0.372 e. The molecule has 4 rings (SSSR count). The topological polar surface area (TPSA) is 49.6 Å². The van der Waals surface area contributed by atoms with E-state index in [4.69, 9.17) is 5.10 Å². The zero-order valence-corrected chi connectivity index (χ0v) is 17.8. The molecule has 1 aliphatic rings. The van der Waals surface area contributed by atoms with Gasteiger partial charge in [-0.1, -0.05) is 18.2 Å². The van der Waals surface area contributed by atoms with E-state index in [0.717, 1.165) is 36.7 Å². The van der Waals surface area contributed by atoms with E-state index in [1.54, 1.807) is 6.33 Å². The Hall–Kier alpha value is -3.41. The maximum Gasteiger partial charge on any atom is 0.149 e. The standard InChI is InChI=1S/C24H28N6/c1-4-29(5-2)21-12-9-19(10-13-21)23-16-20(11-14-22-17-25-18-28(22)3)27-30(23)24-8-6-7-15-26-24/h6-15,17-18,23H,4-5,16H2,1-3H3. The van der Waals surface area contributed by atoms with Crippen molar-refractivity contribution >= 4 is 23.3 Å². The van der Waals surface area contributed by atoms with Gasteiger partial charge in [-0.2, -0.15) is 5.10 Å². The van der Waals surface area contributed by atoms with Gasteiger partial charge in [0, 0.05) is 38.4 Å². The fourth-order valence-corrected chi connectivity index (χ4v) is 3.80. The van der Waals surface area contributed by atoms with Gasteiger partial charge in [-0.3, -0.25) is 0 Å². The predicted molar refractivity (Wildman–Crippen MR) is 124 cm³/mol. The minimum Gasteiger partial charge on any atom is -0.372 e. The molecule has 0 fully saturated rings. The van der Waals surface area contributed by atoms with Crippen molar-refractivity contribution in [2.75, 3.05) is 23.0 Å². The van der Waals surface area contributed by atoms with Gasteiger partial charge in [0.1, 0.15) is 5.82 Å². The molecule has 0 N–H and O–H groups in total. The van der Waals surface area contributed by atoms with E-state index in [2.05, 4.69) is 65.1 Å². The van der Waals surface area contributed by atoms with Crippen LogP contribution in [-0.4, -0.2) is 33.3 Å². The van der Waals surface area contributed by atoms with E-state index in [1.807, 2.05) is 47.2 Å². The summed E-state index contributed by atoms with van der Waals surface area (Å²) in [6.07, 6.45) is 10.4. The van der Waals surface area contributed by atoms with Gasteiger partial charge in [0.25, 0.3) is 0 Å². The van der Waals surface area contributed by atoms with Crippen LogP contribution in [0.5, 0.6) is 0 Å². The van der Waals surface area contributed by atoms with E-state index in [9.17, 15) is 0 Å². The number of pyridine rings is 1. The molecule has 1 aromatic carbocycles. The van der Waals surface area contributed by atoms with Gasteiger partial charge >= 0.3 is 0 Å². The number of imidazole rings is 1. The van der Waals surface area contributed by atoms with Crippen molar-refractivity contribution in [2.24, 2.45) is 12.1 Å². The van der Waals surface area contributed by atoms with E-state index >= 15 is 0 Å². The van der Waals surface area contributed by atoms with Crippen molar-refractivity contribution in [3.05, 3.63) is 78.5 Å². The Labute approximate surface area is 178 Å². The van der Waals surface area contributed by atoms with Crippen molar-refractivity contribution < 1.29 is 0 Å². The van der Waals surface area contributed by atoms with Crippen LogP contribution < -0.4 is 9.91 Å². The molecule has 30 heavy (non-hydrogen) atoms. The fourth-order valence-electron chi connectivity index (χ4n) is 3.80. The minimum atomic E-state index is 0.122. The molecule has 154 valence electrons. The van der Waals surface area contributed by atoms with Crippen LogP contribution in [0.1, 0.15) is 37.6 Å². The number of nitrogens with zero attached hydrogens (tertiary/aromatic N) is 6. The number of hydrogen-bond donors (Lipinski definition) is 0. The second-order valence-electron chi connectivity index (χ2n) is 7.37. The van der Waals surface area contributed by atoms with Crippen molar-refractivity contribution in [3.63, 3.8) is 0 Å². The van der Waals surface area contributed by atoms with Crippen LogP contribution >= 0.6 is 0 Å². The Morgan fingerprint density at radius 1 is 1.07 bits per heavy atom. The Balaban J connectivity index is 1.61.